The third-order valence-corrected chi connectivity index (χ3v) is 3.48. The molecule has 2 rings (SSSR count). The van der Waals surface area contributed by atoms with E-state index in [9.17, 15) is 14.0 Å². The number of halogens is 2. The second-order valence-electron chi connectivity index (χ2n) is 6.51. The van der Waals surface area contributed by atoms with E-state index in [0.717, 1.165) is 0 Å². The molecule has 0 aliphatic carbocycles. The fraction of sp³-hybridized carbons (Fsp3) is 0.353. The van der Waals surface area contributed by atoms with E-state index in [1.807, 2.05) is 20.8 Å². The van der Waals surface area contributed by atoms with Crippen LogP contribution in [0.25, 0.3) is 5.69 Å². The predicted molar refractivity (Wildman–Crippen MR) is 91.4 cm³/mol. The molecule has 1 aromatic heterocycles. The lowest BCUT2D eigenvalue weighted by molar-refractivity contribution is -0.125. The van der Waals surface area contributed by atoms with Crippen LogP contribution in [0.5, 0.6) is 0 Å². The van der Waals surface area contributed by atoms with Gasteiger partial charge in [0.25, 0.3) is 5.91 Å². The Balaban J connectivity index is 2.15. The monoisotopic (exact) mass is 367 g/mol. The third-order valence-electron chi connectivity index (χ3n) is 3.13. The summed E-state index contributed by atoms with van der Waals surface area (Å²) in [5, 5.41) is 6.90. The molecular formula is C17H19ClFN3O3. The van der Waals surface area contributed by atoms with Crippen molar-refractivity contribution >= 4 is 23.5 Å². The molecule has 8 heteroatoms. The van der Waals surface area contributed by atoms with E-state index in [1.165, 1.54) is 28.9 Å². The zero-order valence-corrected chi connectivity index (χ0v) is 15.1. The van der Waals surface area contributed by atoms with Crippen LogP contribution in [0, 0.1) is 12.7 Å². The number of benzene rings is 1. The summed E-state index contributed by atoms with van der Waals surface area (Å²) in [4.78, 5) is 24.0. The van der Waals surface area contributed by atoms with Gasteiger partial charge >= 0.3 is 5.97 Å². The van der Waals surface area contributed by atoms with Gasteiger partial charge in [0, 0.05) is 5.54 Å². The fourth-order valence-electron chi connectivity index (χ4n) is 2.14. The van der Waals surface area contributed by atoms with Gasteiger partial charge in [-0.1, -0.05) is 11.6 Å². The first-order chi connectivity index (χ1) is 11.6. The SMILES string of the molecule is Cc1nn(-c2ccc(F)cc2)c(Cl)c1C(=O)OCC(=O)NC(C)(C)C. The molecule has 1 heterocycles. The van der Waals surface area contributed by atoms with Crippen LogP contribution in [0.1, 0.15) is 36.8 Å². The number of nitrogens with one attached hydrogen (secondary N) is 1. The van der Waals surface area contributed by atoms with Gasteiger partial charge in [-0.2, -0.15) is 5.10 Å². The van der Waals surface area contributed by atoms with Crippen molar-refractivity contribution < 1.29 is 18.7 Å². The molecule has 0 fully saturated rings. The maximum atomic E-state index is 13.0. The van der Waals surface area contributed by atoms with Crippen molar-refractivity contribution in [2.24, 2.45) is 0 Å². The van der Waals surface area contributed by atoms with Crippen molar-refractivity contribution in [1.29, 1.82) is 0 Å². The number of hydrogen-bond acceptors (Lipinski definition) is 4. The van der Waals surface area contributed by atoms with Gasteiger partial charge in [-0.15, -0.1) is 0 Å². The largest absolute Gasteiger partial charge is 0.452 e. The molecule has 0 aliphatic heterocycles. The zero-order valence-electron chi connectivity index (χ0n) is 14.4. The molecule has 25 heavy (non-hydrogen) atoms. The number of aromatic nitrogens is 2. The quantitative estimate of drug-likeness (QED) is 0.843. The fourth-order valence-corrected chi connectivity index (χ4v) is 2.49. The highest BCUT2D eigenvalue weighted by atomic mass is 35.5. The predicted octanol–water partition coefficient (Wildman–Crippen LogP) is 3.04. The lowest BCUT2D eigenvalue weighted by Gasteiger charge is -2.20. The number of carbonyl (C=O) groups excluding carboxylic acids is 2. The molecule has 0 atom stereocenters. The second-order valence-corrected chi connectivity index (χ2v) is 6.87. The van der Waals surface area contributed by atoms with Gasteiger partial charge in [0.05, 0.1) is 11.4 Å². The average molecular weight is 368 g/mol. The van der Waals surface area contributed by atoms with Crippen LogP contribution in [0.2, 0.25) is 5.15 Å². The first-order valence-electron chi connectivity index (χ1n) is 7.57. The highest BCUT2D eigenvalue weighted by molar-refractivity contribution is 6.33. The van der Waals surface area contributed by atoms with E-state index in [1.54, 1.807) is 6.92 Å². The van der Waals surface area contributed by atoms with Gasteiger partial charge in [0.15, 0.2) is 6.61 Å². The number of esters is 1. The zero-order chi connectivity index (χ0) is 18.8. The number of amides is 1. The lowest BCUT2D eigenvalue weighted by Crippen LogP contribution is -2.42. The van der Waals surface area contributed by atoms with E-state index in [4.69, 9.17) is 16.3 Å². The summed E-state index contributed by atoms with van der Waals surface area (Å²) in [5.41, 5.74) is 0.481. The number of carbonyl (C=O) groups is 2. The maximum Gasteiger partial charge on any atom is 0.343 e. The minimum atomic E-state index is -0.750. The van der Waals surface area contributed by atoms with Crippen LogP contribution in [-0.2, 0) is 9.53 Å². The van der Waals surface area contributed by atoms with Crippen LogP contribution >= 0.6 is 11.6 Å². The number of aryl methyl sites for hydroxylation is 1. The van der Waals surface area contributed by atoms with Gasteiger partial charge in [-0.25, -0.2) is 13.9 Å². The van der Waals surface area contributed by atoms with Gasteiger partial charge in [-0.05, 0) is 52.0 Å². The number of rotatable bonds is 4. The number of nitrogens with zero attached hydrogens (tertiary/aromatic N) is 2. The summed E-state index contributed by atoms with van der Waals surface area (Å²) in [5.74, 6) is -1.56. The maximum absolute atomic E-state index is 13.0. The molecule has 1 aromatic carbocycles. The van der Waals surface area contributed by atoms with Crippen molar-refractivity contribution in [1.82, 2.24) is 15.1 Å². The van der Waals surface area contributed by atoms with Crippen LogP contribution in [0.3, 0.4) is 0 Å². The summed E-state index contributed by atoms with van der Waals surface area (Å²) in [6.07, 6.45) is 0. The van der Waals surface area contributed by atoms with E-state index in [-0.39, 0.29) is 10.7 Å². The summed E-state index contributed by atoms with van der Waals surface area (Å²) >= 11 is 6.23. The minimum absolute atomic E-state index is 0.0327. The second kappa shape index (κ2) is 7.23. The van der Waals surface area contributed by atoms with Crippen molar-refractivity contribution in [2.75, 3.05) is 6.61 Å². The molecule has 0 saturated carbocycles. The normalized spacial score (nSPS) is 11.3. The van der Waals surface area contributed by atoms with Crippen LogP contribution in [-0.4, -0.2) is 33.8 Å². The molecule has 0 radical (unpaired) electrons. The Morgan fingerprint density at radius 2 is 1.88 bits per heavy atom. The summed E-state index contributed by atoms with van der Waals surface area (Å²) in [6.45, 7) is 6.63. The Hall–Kier alpha value is -2.41. The van der Waals surface area contributed by atoms with E-state index in [0.29, 0.717) is 11.4 Å². The molecule has 134 valence electrons. The highest BCUT2D eigenvalue weighted by Crippen LogP contribution is 2.24. The molecule has 0 unspecified atom stereocenters. The lowest BCUT2D eigenvalue weighted by atomic mass is 10.1. The summed E-state index contributed by atoms with van der Waals surface area (Å²) < 4.78 is 19.4. The molecule has 2 aromatic rings. The molecule has 0 aliphatic rings. The van der Waals surface area contributed by atoms with Crippen molar-refractivity contribution in [3.63, 3.8) is 0 Å². The molecule has 0 spiro atoms. The van der Waals surface area contributed by atoms with E-state index < -0.39 is 29.8 Å². The van der Waals surface area contributed by atoms with Crippen molar-refractivity contribution in [3.05, 3.63) is 46.5 Å². The van der Waals surface area contributed by atoms with E-state index >= 15 is 0 Å². The molecular weight excluding hydrogens is 349 g/mol. The topological polar surface area (TPSA) is 73.2 Å². The van der Waals surface area contributed by atoms with Gasteiger partial charge in [0.1, 0.15) is 16.5 Å². The Morgan fingerprint density at radius 3 is 2.44 bits per heavy atom. The molecule has 0 bridgehead atoms. The first-order valence-corrected chi connectivity index (χ1v) is 7.95. The molecule has 6 nitrogen and oxygen atoms in total. The molecule has 0 saturated heterocycles. The Bertz CT molecular complexity index is 795. The minimum Gasteiger partial charge on any atom is -0.452 e. The van der Waals surface area contributed by atoms with Crippen LogP contribution < -0.4 is 5.32 Å². The third kappa shape index (κ3) is 4.79. The average Bonchev–Trinajstić information content (AvgIpc) is 2.79. The van der Waals surface area contributed by atoms with Gasteiger partial charge < -0.3 is 10.1 Å². The Morgan fingerprint density at radius 1 is 1.28 bits per heavy atom. The van der Waals surface area contributed by atoms with E-state index in [2.05, 4.69) is 10.4 Å². The molecule has 1 amide bonds. The summed E-state index contributed by atoms with van der Waals surface area (Å²) in [6, 6.07) is 5.49. The van der Waals surface area contributed by atoms with Gasteiger partial charge in [0.2, 0.25) is 0 Å². The smallest absolute Gasteiger partial charge is 0.343 e. The Labute approximate surface area is 149 Å². The first kappa shape index (κ1) is 18.9. The van der Waals surface area contributed by atoms with Crippen LogP contribution in [0.4, 0.5) is 4.39 Å². The molecule has 1 N–H and O–H groups in total. The van der Waals surface area contributed by atoms with Gasteiger partial charge in [-0.3, -0.25) is 4.79 Å². The van der Waals surface area contributed by atoms with Crippen LogP contribution in [0.15, 0.2) is 24.3 Å². The summed E-state index contributed by atoms with van der Waals surface area (Å²) in [7, 11) is 0. The Kier molecular flexibility index (Phi) is 5.47. The van der Waals surface area contributed by atoms with Crippen molar-refractivity contribution in [2.45, 2.75) is 33.2 Å². The van der Waals surface area contributed by atoms with Crippen molar-refractivity contribution in [3.8, 4) is 5.69 Å². The number of ether oxygens (including phenoxy) is 1. The number of hydrogen-bond donors (Lipinski definition) is 1. The highest BCUT2D eigenvalue weighted by Gasteiger charge is 2.24. The standard InChI is InChI=1S/C17H19ClFN3O3/c1-10-14(16(24)25-9-13(23)20-17(2,3)4)15(18)22(21-10)12-7-5-11(19)6-8-12/h5-8H,9H2,1-4H3,(H,20,23).